The summed E-state index contributed by atoms with van der Waals surface area (Å²) in [6.07, 6.45) is 1.97. The molecule has 0 bridgehead atoms. The van der Waals surface area contributed by atoms with Crippen molar-refractivity contribution in [2.24, 2.45) is 0 Å². The predicted octanol–water partition coefficient (Wildman–Crippen LogP) is 2.10. The molecule has 0 aromatic heterocycles. The Morgan fingerprint density at radius 1 is 1.20 bits per heavy atom. The molecule has 0 spiro atoms. The van der Waals surface area contributed by atoms with Crippen molar-refractivity contribution in [2.45, 2.75) is 18.8 Å². The molecule has 1 heterocycles. The lowest BCUT2D eigenvalue weighted by atomic mass is 9.77. The fourth-order valence-electron chi connectivity index (χ4n) is 3.23. The average Bonchev–Trinajstić information content (AvgIpc) is 2.66. The van der Waals surface area contributed by atoms with Gasteiger partial charge in [-0.15, -0.1) is 11.6 Å². The molecular formula is C16H21ClN2O. The van der Waals surface area contributed by atoms with Gasteiger partial charge in [0.15, 0.2) is 0 Å². The van der Waals surface area contributed by atoms with Crippen LogP contribution in [0.1, 0.15) is 23.5 Å². The summed E-state index contributed by atoms with van der Waals surface area (Å²) in [5, 5.41) is 0. The standard InChI is InChI=1S/C16H21ClN2O/c17-6-9-18-7-3-8-19(11-10-18)16(20)15-12-13-4-1-2-5-14(13)15/h1-2,4-5,15H,3,6-12H2. The Hall–Kier alpha value is -1.06. The van der Waals surface area contributed by atoms with Crippen molar-refractivity contribution in [3.05, 3.63) is 35.4 Å². The molecule has 1 amide bonds. The van der Waals surface area contributed by atoms with Crippen LogP contribution in [0.15, 0.2) is 24.3 Å². The van der Waals surface area contributed by atoms with Crippen LogP contribution >= 0.6 is 11.6 Å². The maximum absolute atomic E-state index is 12.6. The minimum absolute atomic E-state index is 0.103. The summed E-state index contributed by atoms with van der Waals surface area (Å²) in [7, 11) is 0. The van der Waals surface area contributed by atoms with E-state index in [-0.39, 0.29) is 5.92 Å². The topological polar surface area (TPSA) is 23.6 Å². The number of amides is 1. The fourth-order valence-corrected chi connectivity index (χ4v) is 3.47. The van der Waals surface area contributed by atoms with Crippen LogP contribution in [0.4, 0.5) is 0 Å². The van der Waals surface area contributed by atoms with Gasteiger partial charge in [0.1, 0.15) is 0 Å². The van der Waals surface area contributed by atoms with E-state index in [0.717, 1.165) is 45.6 Å². The molecule has 1 unspecified atom stereocenters. The van der Waals surface area contributed by atoms with Gasteiger partial charge in [-0.25, -0.2) is 0 Å². The molecule has 3 rings (SSSR count). The van der Waals surface area contributed by atoms with Crippen molar-refractivity contribution in [3.8, 4) is 0 Å². The van der Waals surface area contributed by atoms with Gasteiger partial charge < -0.3 is 9.80 Å². The zero-order valence-corrected chi connectivity index (χ0v) is 12.5. The highest BCUT2D eigenvalue weighted by molar-refractivity contribution is 6.18. The summed E-state index contributed by atoms with van der Waals surface area (Å²) >= 11 is 5.80. The lowest BCUT2D eigenvalue weighted by Crippen LogP contribution is -2.41. The first-order valence-electron chi connectivity index (χ1n) is 7.44. The Balaban J connectivity index is 1.61. The fraction of sp³-hybridized carbons (Fsp3) is 0.562. The first kappa shape index (κ1) is 13.9. The van der Waals surface area contributed by atoms with Crippen LogP contribution < -0.4 is 0 Å². The number of carbonyl (C=O) groups excluding carboxylic acids is 1. The maximum atomic E-state index is 12.6. The SMILES string of the molecule is O=C(C1Cc2ccccc21)N1CCCN(CCCl)CC1. The lowest BCUT2D eigenvalue weighted by molar-refractivity contribution is -0.133. The van der Waals surface area contributed by atoms with Gasteiger partial charge in [0.25, 0.3) is 0 Å². The number of hydrogen-bond acceptors (Lipinski definition) is 2. The van der Waals surface area contributed by atoms with E-state index in [1.165, 1.54) is 11.1 Å². The normalized spacial score (nSPS) is 22.9. The second-order valence-electron chi connectivity index (χ2n) is 5.66. The summed E-state index contributed by atoms with van der Waals surface area (Å²) in [5.41, 5.74) is 2.57. The monoisotopic (exact) mass is 292 g/mol. The largest absolute Gasteiger partial charge is 0.341 e. The van der Waals surface area contributed by atoms with Crippen LogP contribution in [0.5, 0.6) is 0 Å². The molecule has 4 heteroatoms. The molecule has 0 N–H and O–H groups in total. The number of fused-ring (bicyclic) bond motifs is 1. The van der Waals surface area contributed by atoms with Crippen LogP contribution in [-0.4, -0.2) is 54.3 Å². The van der Waals surface area contributed by atoms with Gasteiger partial charge in [0, 0.05) is 32.1 Å². The molecule has 20 heavy (non-hydrogen) atoms. The number of alkyl halides is 1. The Morgan fingerprint density at radius 2 is 2.05 bits per heavy atom. The average molecular weight is 293 g/mol. The summed E-state index contributed by atoms with van der Waals surface area (Å²) in [4.78, 5) is 17.0. The van der Waals surface area contributed by atoms with Gasteiger partial charge in [-0.3, -0.25) is 4.79 Å². The molecule has 108 valence electrons. The number of halogens is 1. The van der Waals surface area contributed by atoms with Gasteiger partial charge in [-0.1, -0.05) is 24.3 Å². The van der Waals surface area contributed by atoms with Crippen molar-refractivity contribution < 1.29 is 4.79 Å². The van der Waals surface area contributed by atoms with E-state index in [0.29, 0.717) is 11.8 Å². The van der Waals surface area contributed by atoms with Gasteiger partial charge in [0.05, 0.1) is 5.92 Å². The molecule has 0 radical (unpaired) electrons. The molecule has 1 saturated heterocycles. The number of rotatable bonds is 3. The quantitative estimate of drug-likeness (QED) is 0.797. The van der Waals surface area contributed by atoms with Crippen molar-refractivity contribution in [3.63, 3.8) is 0 Å². The van der Waals surface area contributed by atoms with Crippen LogP contribution in [-0.2, 0) is 11.2 Å². The van der Waals surface area contributed by atoms with Gasteiger partial charge >= 0.3 is 0 Å². The van der Waals surface area contributed by atoms with E-state index in [1.807, 2.05) is 6.07 Å². The molecular weight excluding hydrogens is 272 g/mol. The minimum atomic E-state index is 0.103. The molecule has 1 aromatic rings. The van der Waals surface area contributed by atoms with Crippen LogP contribution in [0.2, 0.25) is 0 Å². The van der Waals surface area contributed by atoms with E-state index in [4.69, 9.17) is 11.6 Å². The first-order valence-corrected chi connectivity index (χ1v) is 7.98. The van der Waals surface area contributed by atoms with Gasteiger partial charge in [0.2, 0.25) is 5.91 Å². The van der Waals surface area contributed by atoms with E-state index < -0.39 is 0 Å². The molecule has 1 aliphatic heterocycles. The Bertz CT molecular complexity index is 491. The van der Waals surface area contributed by atoms with E-state index in [9.17, 15) is 4.79 Å². The molecule has 1 aromatic carbocycles. The Kier molecular flexibility index (Phi) is 4.27. The Morgan fingerprint density at radius 3 is 2.85 bits per heavy atom. The summed E-state index contributed by atoms with van der Waals surface area (Å²) in [6, 6.07) is 8.31. The van der Waals surface area contributed by atoms with E-state index in [2.05, 4.69) is 28.0 Å². The van der Waals surface area contributed by atoms with Crippen molar-refractivity contribution >= 4 is 17.5 Å². The first-order chi connectivity index (χ1) is 9.79. The second-order valence-corrected chi connectivity index (χ2v) is 6.04. The van der Waals surface area contributed by atoms with E-state index in [1.54, 1.807) is 0 Å². The molecule has 0 saturated carbocycles. The molecule has 2 aliphatic rings. The highest BCUT2D eigenvalue weighted by Gasteiger charge is 2.34. The van der Waals surface area contributed by atoms with Crippen LogP contribution in [0.25, 0.3) is 0 Å². The van der Waals surface area contributed by atoms with Crippen LogP contribution in [0.3, 0.4) is 0 Å². The van der Waals surface area contributed by atoms with Crippen LogP contribution in [0, 0.1) is 0 Å². The molecule has 1 fully saturated rings. The maximum Gasteiger partial charge on any atom is 0.230 e. The number of nitrogens with zero attached hydrogens (tertiary/aromatic N) is 2. The summed E-state index contributed by atoms with van der Waals surface area (Å²) in [6.45, 7) is 4.66. The van der Waals surface area contributed by atoms with Gasteiger partial charge in [-0.2, -0.15) is 0 Å². The highest BCUT2D eigenvalue weighted by atomic mass is 35.5. The van der Waals surface area contributed by atoms with Crippen molar-refractivity contribution in [1.29, 1.82) is 0 Å². The van der Waals surface area contributed by atoms with Crippen molar-refractivity contribution in [1.82, 2.24) is 9.80 Å². The molecule has 1 atom stereocenters. The Labute approximate surface area is 125 Å². The zero-order chi connectivity index (χ0) is 13.9. The molecule has 1 aliphatic carbocycles. The minimum Gasteiger partial charge on any atom is -0.341 e. The smallest absolute Gasteiger partial charge is 0.230 e. The third-order valence-electron chi connectivity index (χ3n) is 4.45. The lowest BCUT2D eigenvalue weighted by Gasteiger charge is -2.33. The number of benzene rings is 1. The van der Waals surface area contributed by atoms with Gasteiger partial charge in [-0.05, 0) is 30.5 Å². The number of carbonyl (C=O) groups is 1. The zero-order valence-electron chi connectivity index (χ0n) is 11.7. The third-order valence-corrected chi connectivity index (χ3v) is 4.62. The predicted molar refractivity (Wildman–Crippen MR) is 81.2 cm³/mol. The van der Waals surface area contributed by atoms with Crippen molar-refractivity contribution in [2.75, 3.05) is 38.6 Å². The second kappa shape index (κ2) is 6.15. The van der Waals surface area contributed by atoms with E-state index >= 15 is 0 Å². The summed E-state index contributed by atoms with van der Waals surface area (Å²) in [5.74, 6) is 1.09. The summed E-state index contributed by atoms with van der Waals surface area (Å²) < 4.78 is 0. The molecule has 3 nitrogen and oxygen atoms in total. The number of hydrogen-bond donors (Lipinski definition) is 0. The third kappa shape index (κ3) is 2.70. The highest BCUT2D eigenvalue weighted by Crippen LogP contribution is 2.36.